The first-order chi connectivity index (χ1) is 24.3. The Bertz CT molecular complexity index is 3330. The molecule has 0 fully saturated rings. The van der Waals surface area contributed by atoms with Crippen LogP contribution < -0.4 is 0 Å². The lowest BCUT2D eigenvalue weighted by Crippen LogP contribution is -1.93. The zero-order valence-electron chi connectivity index (χ0n) is 26.1. The van der Waals surface area contributed by atoms with Crippen molar-refractivity contribution in [2.24, 2.45) is 0 Å². The fourth-order valence-electron chi connectivity index (χ4n) is 8.34. The summed E-state index contributed by atoms with van der Waals surface area (Å²) in [6.45, 7) is 0. The number of fused-ring (bicyclic) bond motifs is 14. The Kier molecular flexibility index (Phi) is 4.66. The number of nitrogens with zero attached hydrogens (tertiary/aromatic N) is 4. The van der Waals surface area contributed by atoms with Gasteiger partial charge in [-0.3, -0.25) is 4.40 Å². The van der Waals surface area contributed by atoms with Crippen LogP contribution in [0.25, 0.3) is 110 Å². The Morgan fingerprint density at radius 1 is 0.449 bits per heavy atom. The third-order valence-electron chi connectivity index (χ3n) is 10.4. The Morgan fingerprint density at radius 3 is 2.06 bits per heavy atom. The van der Waals surface area contributed by atoms with Crippen molar-refractivity contribution in [3.8, 4) is 16.8 Å². The first kappa shape index (κ1) is 25.4. The maximum Gasteiger partial charge on any atom is 0.165 e. The molecule has 0 aliphatic rings. The zero-order valence-corrected chi connectivity index (χ0v) is 26.1. The van der Waals surface area contributed by atoms with Crippen molar-refractivity contribution in [3.63, 3.8) is 0 Å². The van der Waals surface area contributed by atoms with Gasteiger partial charge in [-0.15, -0.1) is 0 Å². The molecule has 12 aromatic rings. The minimum absolute atomic E-state index is 0.866. The summed E-state index contributed by atoms with van der Waals surface area (Å²) in [5.74, 6) is 0. The average Bonchev–Trinajstić information content (AvgIpc) is 3.88. The third-order valence-corrected chi connectivity index (χ3v) is 10.4. The predicted octanol–water partition coefficient (Wildman–Crippen LogP) is 11.4. The van der Waals surface area contributed by atoms with Gasteiger partial charge in [-0.25, -0.2) is 9.97 Å². The van der Waals surface area contributed by atoms with E-state index in [2.05, 4.69) is 124 Å². The summed E-state index contributed by atoms with van der Waals surface area (Å²) in [5, 5.41) is 8.15. The number of hydrogen-bond acceptors (Lipinski definition) is 3. The molecule has 0 spiro atoms. The lowest BCUT2D eigenvalue weighted by molar-refractivity contribution is 0.669. The van der Waals surface area contributed by atoms with Crippen molar-refractivity contribution in [1.82, 2.24) is 18.9 Å². The fraction of sp³-hybridized carbons (Fsp3) is 0. The van der Waals surface area contributed by atoms with Crippen LogP contribution in [0.5, 0.6) is 0 Å². The molecule has 0 radical (unpaired) electrons. The van der Waals surface area contributed by atoms with Gasteiger partial charge in [-0.2, -0.15) is 0 Å². The van der Waals surface area contributed by atoms with Crippen molar-refractivity contribution in [3.05, 3.63) is 146 Å². The molecular weight excluding hydrogens is 601 g/mol. The van der Waals surface area contributed by atoms with Crippen molar-refractivity contribution in [2.45, 2.75) is 0 Å². The van der Waals surface area contributed by atoms with E-state index in [1.165, 1.54) is 38.1 Å². The maximum absolute atomic E-state index is 6.53. The van der Waals surface area contributed by atoms with Crippen molar-refractivity contribution in [1.29, 1.82) is 0 Å². The van der Waals surface area contributed by atoms with Crippen LogP contribution in [0.4, 0.5) is 0 Å². The van der Waals surface area contributed by atoms with Crippen LogP contribution in [-0.4, -0.2) is 18.9 Å². The number of hydrogen-bond donors (Lipinski definition) is 0. The molecular formula is C44H24N4O. The van der Waals surface area contributed by atoms with Crippen LogP contribution in [-0.2, 0) is 0 Å². The van der Waals surface area contributed by atoms with Crippen LogP contribution in [0.2, 0.25) is 0 Å². The molecule has 0 amide bonds. The minimum atomic E-state index is 0.866. The van der Waals surface area contributed by atoms with E-state index in [1.54, 1.807) is 0 Å². The van der Waals surface area contributed by atoms with Gasteiger partial charge < -0.3 is 8.98 Å². The average molecular weight is 625 g/mol. The summed E-state index contributed by atoms with van der Waals surface area (Å²) >= 11 is 0. The molecule has 5 heterocycles. The van der Waals surface area contributed by atoms with Gasteiger partial charge in [-0.1, -0.05) is 84.9 Å². The number of rotatable bonds is 2. The van der Waals surface area contributed by atoms with Crippen LogP contribution in [0.15, 0.2) is 150 Å². The van der Waals surface area contributed by atoms with E-state index < -0.39 is 0 Å². The summed E-state index contributed by atoms with van der Waals surface area (Å²) in [6.07, 6.45) is 0. The van der Waals surface area contributed by atoms with E-state index in [1.807, 2.05) is 30.3 Å². The van der Waals surface area contributed by atoms with Gasteiger partial charge in [0, 0.05) is 43.4 Å². The molecule has 7 aromatic carbocycles. The molecule has 0 atom stereocenters. The maximum atomic E-state index is 6.53. The molecule has 0 saturated heterocycles. The molecule has 0 saturated carbocycles. The Balaban J connectivity index is 1.21. The largest absolute Gasteiger partial charge is 0.456 e. The van der Waals surface area contributed by atoms with Gasteiger partial charge in [-0.05, 0) is 71.8 Å². The number of benzene rings is 7. The highest BCUT2D eigenvalue weighted by atomic mass is 16.3. The second-order valence-corrected chi connectivity index (χ2v) is 13.0. The Labute approximate surface area is 278 Å². The van der Waals surface area contributed by atoms with E-state index in [0.29, 0.717) is 0 Å². The van der Waals surface area contributed by atoms with E-state index >= 15 is 0 Å². The first-order valence-corrected chi connectivity index (χ1v) is 16.6. The molecule has 226 valence electrons. The highest BCUT2D eigenvalue weighted by Gasteiger charge is 2.25. The second-order valence-electron chi connectivity index (χ2n) is 13.0. The monoisotopic (exact) mass is 624 g/mol. The van der Waals surface area contributed by atoms with E-state index in [4.69, 9.17) is 14.4 Å². The van der Waals surface area contributed by atoms with Gasteiger partial charge >= 0.3 is 0 Å². The lowest BCUT2D eigenvalue weighted by atomic mass is 9.99. The van der Waals surface area contributed by atoms with Gasteiger partial charge in [0.25, 0.3) is 0 Å². The highest BCUT2D eigenvalue weighted by molar-refractivity contribution is 6.34. The summed E-state index contributed by atoms with van der Waals surface area (Å²) in [6, 6.07) is 51.7. The number of furan rings is 1. The van der Waals surface area contributed by atoms with Crippen LogP contribution in [0, 0.1) is 0 Å². The Hall–Kier alpha value is -6.72. The molecule has 49 heavy (non-hydrogen) atoms. The Morgan fingerprint density at radius 2 is 1.16 bits per heavy atom. The quantitative estimate of drug-likeness (QED) is 0.192. The summed E-state index contributed by atoms with van der Waals surface area (Å²) in [4.78, 5) is 10.3. The van der Waals surface area contributed by atoms with Gasteiger partial charge in [0.2, 0.25) is 0 Å². The topological polar surface area (TPSA) is 48.3 Å². The minimum Gasteiger partial charge on any atom is -0.456 e. The molecule has 5 heteroatoms. The van der Waals surface area contributed by atoms with Gasteiger partial charge in [0.1, 0.15) is 16.7 Å². The number of para-hydroxylation sites is 5. The predicted molar refractivity (Wildman–Crippen MR) is 201 cm³/mol. The van der Waals surface area contributed by atoms with Crippen LogP contribution in [0.1, 0.15) is 0 Å². The van der Waals surface area contributed by atoms with Crippen LogP contribution in [0.3, 0.4) is 0 Å². The van der Waals surface area contributed by atoms with Crippen LogP contribution >= 0.6 is 0 Å². The van der Waals surface area contributed by atoms with E-state index in [9.17, 15) is 0 Å². The van der Waals surface area contributed by atoms with Crippen molar-refractivity contribution < 1.29 is 4.42 Å². The van der Waals surface area contributed by atoms with Crippen molar-refractivity contribution >= 4 is 93.1 Å². The van der Waals surface area contributed by atoms with Gasteiger partial charge in [0.15, 0.2) is 5.65 Å². The lowest BCUT2D eigenvalue weighted by Gasteiger charge is -2.09. The molecule has 0 bridgehead atoms. The number of aromatic nitrogens is 4. The summed E-state index contributed by atoms with van der Waals surface area (Å²) in [7, 11) is 0. The fourth-order valence-corrected chi connectivity index (χ4v) is 8.34. The standard InChI is InChI=1S/C44H24N4O/c1-2-10-27(11-3-1)47-35-16-8-4-12-28(35)29-20-18-26(23-37(29)47)25-19-21-36-31(22-25)41-40-30-13-5-9-17-38(30)49-39(40)24-32-42-44(48(36)43(32)41)46-34-15-7-6-14-33(34)45-42/h1-24H. The smallest absolute Gasteiger partial charge is 0.165 e. The van der Waals surface area contributed by atoms with E-state index in [-0.39, 0.29) is 0 Å². The second kappa shape index (κ2) is 9.00. The highest BCUT2D eigenvalue weighted by Crippen LogP contribution is 2.46. The summed E-state index contributed by atoms with van der Waals surface area (Å²) < 4.78 is 11.2. The molecule has 5 aromatic heterocycles. The molecule has 5 nitrogen and oxygen atoms in total. The third kappa shape index (κ3) is 3.24. The summed E-state index contributed by atoms with van der Waals surface area (Å²) in [5.41, 5.74) is 13.4. The molecule has 0 aliphatic carbocycles. The van der Waals surface area contributed by atoms with Gasteiger partial charge in [0.05, 0.1) is 33.1 Å². The SMILES string of the molecule is c1ccc(-n2c3ccccc3c3ccc(-c4ccc5c(c4)c4c6c(cc7c8nc9ccccc9nc8n5c74)oc4ccccc46)cc32)cc1. The molecule has 0 unspecified atom stereocenters. The zero-order chi connectivity index (χ0) is 31.8. The normalized spacial score (nSPS) is 12.5. The molecule has 12 rings (SSSR count). The molecule has 0 aliphatic heterocycles. The van der Waals surface area contributed by atoms with E-state index in [0.717, 1.165) is 71.8 Å². The molecule has 0 N–H and O–H groups in total. The van der Waals surface area contributed by atoms with Crippen molar-refractivity contribution in [2.75, 3.05) is 0 Å². The first-order valence-electron chi connectivity index (χ1n) is 16.6.